The van der Waals surface area contributed by atoms with Gasteiger partial charge in [-0.1, -0.05) is 41.3 Å². The number of nitrogens with one attached hydrogen (secondary N) is 1. The average molecular weight is 345 g/mol. The van der Waals surface area contributed by atoms with E-state index in [2.05, 4.69) is 15.9 Å². The third-order valence-corrected chi connectivity index (χ3v) is 3.75. The molecule has 1 heterocycles. The van der Waals surface area contributed by atoms with Gasteiger partial charge in [-0.15, -0.1) is 6.42 Å². The molecule has 0 fully saturated rings. The molecule has 0 aliphatic rings. The Kier molecular flexibility index (Phi) is 4.24. The Morgan fingerprint density at radius 3 is 2.61 bits per heavy atom. The lowest BCUT2D eigenvalue weighted by atomic mass is 10.2. The second kappa shape index (κ2) is 6.33. The van der Waals surface area contributed by atoms with Gasteiger partial charge in [0.15, 0.2) is 5.75 Å². The molecule has 0 aliphatic carbocycles. The third-order valence-electron chi connectivity index (χ3n) is 3.18. The first-order valence-electron chi connectivity index (χ1n) is 6.65. The average Bonchev–Trinajstić information content (AvgIpc) is 2.54. The molecule has 1 aromatic heterocycles. The topological polar surface area (TPSA) is 55.0 Å². The Morgan fingerprint density at radius 2 is 1.91 bits per heavy atom. The lowest BCUT2D eigenvalue weighted by Crippen LogP contribution is -2.09. The number of H-pyrrole nitrogens is 1. The maximum atomic E-state index is 12.1. The summed E-state index contributed by atoms with van der Waals surface area (Å²) in [5.41, 5.74) is 0.938. The Balaban J connectivity index is 2.12. The van der Waals surface area contributed by atoms with E-state index < -0.39 is 0 Å². The Labute approximate surface area is 142 Å². The molecule has 23 heavy (non-hydrogen) atoms. The summed E-state index contributed by atoms with van der Waals surface area (Å²) < 4.78 is 5.31. The van der Waals surface area contributed by atoms with Crippen LogP contribution in [-0.4, -0.2) is 16.6 Å². The summed E-state index contributed by atoms with van der Waals surface area (Å²) in [5.74, 6) is 3.02. The van der Waals surface area contributed by atoms with Crippen LogP contribution < -0.4 is 10.3 Å². The molecule has 4 nitrogen and oxygen atoms in total. The minimum atomic E-state index is -0.231. The van der Waals surface area contributed by atoms with E-state index in [0.717, 1.165) is 0 Å². The summed E-state index contributed by atoms with van der Waals surface area (Å²) in [7, 11) is 0. The molecule has 0 saturated heterocycles. The van der Waals surface area contributed by atoms with E-state index in [-0.39, 0.29) is 12.2 Å². The summed E-state index contributed by atoms with van der Waals surface area (Å²) in [4.78, 5) is 19.3. The largest absolute Gasteiger partial charge is 0.478 e. The lowest BCUT2D eigenvalue weighted by Gasteiger charge is -2.10. The quantitative estimate of drug-likeness (QED) is 0.733. The molecule has 0 bridgehead atoms. The number of nitrogens with zero attached hydrogens (tertiary/aromatic N) is 1. The highest BCUT2D eigenvalue weighted by molar-refractivity contribution is 6.37. The second-order valence-electron chi connectivity index (χ2n) is 4.69. The molecule has 0 unspecified atom stereocenters. The maximum absolute atomic E-state index is 12.1. The van der Waals surface area contributed by atoms with E-state index in [1.807, 2.05) is 6.07 Å². The summed E-state index contributed by atoms with van der Waals surface area (Å²) >= 11 is 12.4. The number of halogens is 2. The number of ether oxygens (including phenoxy) is 1. The van der Waals surface area contributed by atoms with Crippen LogP contribution in [0.15, 0.2) is 41.2 Å². The van der Waals surface area contributed by atoms with E-state index in [4.69, 9.17) is 34.4 Å². The monoisotopic (exact) mass is 344 g/mol. The molecule has 0 spiro atoms. The van der Waals surface area contributed by atoms with Crippen LogP contribution in [0.4, 0.5) is 0 Å². The molecule has 6 heteroatoms. The van der Waals surface area contributed by atoms with Gasteiger partial charge < -0.3 is 9.72 Å². The van der Waals surface area contributed by atoms with Crippen molar-refractivity contribution in [1.82, 2.24) is 9.97 Å². The van der Waals surface area contributed by atoms with Gasteiger partial charge in [0.05, 0.1) is 20.9 Å². The fraction of sp³-hybridized carbons (Fsp3) is 0.0588. The van der Waals surface area contributed by atoms with Crippen molar-refractivity contribution in [1.29, 1.82) is 0 Å². The molecule has 114 valence electrons. The van der Waals surface area contributed by atoms with Gasteiger partial charge in [0.1, 0.15) is 12.4 Å². The number of para-hydroxylation sites is 1. The zero-order valence-corrected chi connectivity index (χ0v) is 13.3. The van der Waals surface area contributed by atoms with Gasteiger partial charge in [-0.3, -0.25) is 4.79 Å². The molecule has 0 saturated carbocycles. The molecular formula is C17H10Cl2N2O2. The fourth-order valence-corrected chi connectivity index (χ4v) is 2.77. The van der Waals surface area contributed by atoms with Gasteiger partial charge in [-0.05, 0) is 24.3 Å². The summed E-state index contributed by atoms with van der Waals surface area (Å²) in [6, 6.07) is 10.3. The molecule has 2 aromatic carbocycles. The highest BCUT2D eigenvalue weighted by Crippen LogP contribution is 2.36. The van der Waals surface area contributed by atoms with Crippen molar-refractivity contribution < 1.29 is 4.74 Å². The van der Waals surface area contributed by atoms with Crippen molar-refractivity contribution in [2.24, 2.45) is 0 Å². The summed E-state index contributed by atoms with van der Waals surface area (Å²) in [6.07, 6.45) is 5.16. The van der Waals surface area contributed by atoms with Crippen LogP contribution in [0.5, 0.6) is 5.75 Å². The predicted molar refractivity (Wildman–Crippen MR) is 92.1 cm³/mol. The minimum Gasteiger partial charge on any atom is -0.478 e. The molecule has 3 rings (SSSR count). The maximum Gasteiger partial charge on any atom is 0.259 e. The first kappa shape index (κ1) is 15.4. The SMILES string of the molecule is C#CCOc1c(Cl)cc(-c2nc3ccccc3c(=O)[nH]2)cc1Cl. The van der Waals surface area contributed by atoms with Crippen molar-refractivity contribution in [3.63, 3.8) is 0 Å². The molecule has 0 amide bonds. The number of hydrogen-bond acceptors (Lipinski definition) is 3. The first-order chi connectivity index (χ1) is 11.1. The third kappa shape index (κ3) is 3.02. The van der Waals surface area contributed by atoms with Crippen molar-refractivity contribution in [3.8, 4) is 29.5 Å². The Bertz CT molecular complexity index is 967. The van der Waals surface area contributed by atoms with Gasteiger partial charge in [-0.25, -0.2) is 4.98 Å². The smallest absolute Gasteiger partial charge is 0.259 e. The van der Waals surface area contributed by atoms with Crippen LogP contribution in [-0.2, 0) is 0 Å². The van der Waals surface area contributed by atoms with Gasteiger partial charge in [-0.2, -0.15) is 0 Å². The van der Waals surface area contributed by atoms with Crippen LogP contribution in [0.2, 0.25) is 10.0 Å². The molecular weight excluding hydrogens is 335 g/mol. The van der Waals surface area contributed by atoms with E-state index in [1.165, 1.54) is 0 Å². The minimum absolute atomic E-state index is 0.0594. The highest BCUT2D eigenvalue weighted by Gasteiger charge is 2.13. The molecule has 0 atom stereocenters. The molecule has 1 N–H and O–H groups in total. The van der Waals surface area contributed by atoms with E-state index in [0.29, 0.717) is 38.1 Å². The molecule has 0 aliphatic heterocycles. The first-order valence-corrected chi connectivity index (χ1v) is 7.40. The number of benzene rings is 2. The summed E-state index contributed by atoms with van der Waals surface area (Å²) in [6.45, 7) is 0.0594. The van der Waals surface area contributed by atoms with E-state index in [9.17, 15) is 4.79 Å². The molecule has 0 radical (unpaired) electrons. The van der Waals surface area contributed by atoms with Gasteiger partial charge >= 0.3 is 0 Å². The normalized spacial score (nSPS) is 10.5. The summed E-state index contributed by atoms with van der Waals surface area (Å²) in [5, 5.41) is 1.10. The Hall–Kier alpha value is -2.48. The van der Waals surface area contributed by atoms with Crippen molar-refractivity contribution in [2.45, 2.75) is 0 Å². The van der Waals surface area contributed by atoms with Crippen molar-refractivity contribution in [2.75, 3.05) is 6.61 Å². The van der Waals surface area contributed by atoms with Gasteiger partial charge in [0.2, 0.25) is 0 Å². The lowest BCUT2D eigenvalue weighted by molar-refractivity contribution is 0.371. The molecule has 3 aromatic rings. The predicted octanol–water partition coefficient (Wildman–Crippen LogP) is 3.91. The van der Waals surface area contributed by atoms with E-state index >= 15 is 0 Å². The zero-order chi connectivity index (χ0) is 16.4. The van der Waals surface area contributed by atoms with Gasteiger partial charge in [0, 0.05) is 5.56 Å². The highest BCUT2D eigenvalue weighted by atomic mass is 35.5. The van der Waals surface area contributed by atoms with Crippen molar-refractivity contribution in [3.05, 3.63) is 56.8 Å². The van der Waals surface area contributed by atoms with Crippen LogP contribution in [0, 0.1) is 12.3 Å². The zero-order valence-electron chi connectivity index (χ0n) is 11.8. The fourth-order valence-electron chi connectivity index (χ4n) is 2.17. The number of terminal acetylenes is 1. The second-order valence-corrected chi connectivity index (χ2v) is 5.51. The number of aromatic amines is 1. The van der Waals surface area contributed by atoms with Crippen LogP contribution in [0.1, 0.15) is 0 Å². The van der Waals surface area contributed by atoms with Crippen LogP contribution >= 0.6 is 23.2 Å². The number of rotatable bonds is 3. The number of fused-ring (bicyclic) bond motifs is 1. The standard InChI is InChI=1S/C17H10Cl2N2O2/c1-2-7-23-15-12(18)8-10(9-13(15)19)16-20-14-6-4-3-5-11(14)17(22)21-16/h1,3-6,8-9H,7H2,(H,20,21,22). The van der Waals surface area contributed by atoms with E-state index in [1.54, 1.807) is 30.3 Å². The van der Waals surface area contributed by atoms with Crippen molar-refractivity contribution >= 4 is 34.1 Å². The van der Waals surface area contributed by atoms with Crippen LogP contribution in [0.25, 0.3) is 22.3 Å². The Morgan fingerprint density at radius 1 is 1.22 bits per heavy atom. The number of aromatic nitrogens is 2. The van der Waals surface area contributed by atoms with Crippen LogP contribution in [0.3, 0.4) is 0 Å². The number of hydrogen-bond donors (Lipinski definition) is 1. The van der Waals surface area contributed by atoms with Gasteiger partial charge in [0.25, 0.3) is 5.56 Å².